The Morgan fingerprint density at radius 1 is 1.33 bits per heavy atom. The van der Waals surface area contributed by atoms with Crippen molar-refractivity contribution in [1.29, 1.82) is 0 Å². The quantitative estimate of drug-likeness (QED) is 0.700. The average Bonchev–Trinajstić information content (AvgIpc) is 2.37. The van der Waals surface area contributed by atoms with Gasteiger partial charge in [-0.2, -0.15) is 0 Å². The van der Waals surface area contributed by atoms with Crippen LogP contribution in [0.25, 0.3) is 0 Å². The fraction of sp³-hybridized carbons (Fsp3) is 0.462. The van der Waals surface area contributed by atoms with Crippen molar-refractivity contribution in [1.82, 2.24) is 5.32 Å². The van der Waals surface area contributed by atoms with E-state index in [0.29, 0.717) is 19.8 Å². The number of nitrogens with two attached hydrogens (primary N) is 1. The highest BCUT2D eigenvalue weighted by Crippen LogP contribution is 2.11. The monoisotopic (exact) mass is 252 g/mol. The first kappa shape index (κ1) is 14.5. The van der Waals surface area contributed by atoms with E-state index < -0.39 is 6.04 Å². The summed E-state index contributed by atoms with van der Waals surface area (Å²) in [6.07, 6.45) is 0. The third-order valence-corrected chi connectivity index (χ3v) is 2.36. The smallest absolute Gasteiger partial charge is 0.236 e. The predicted molar refractivity (Wildman–Crippen MR) is 69.3 cm³/mol. The van der Waals surface area contributed by atoms with Crippen molar-refractivity contribution < 1.29 is 14.3 Å². The molecular weight excluding hydrogens is 232 g/mol. The van der Waals surface area contributed by atoms with Crippen LogP contribution in [0.3, 0.4) is 0 Å². The van der Waals surface area contributed by atoms with Gasteiger partial charge in [0.25, 0.3) is 0 Å². The number of benzene rings is 1. The molecule has 0 aliphatic carbocycles. The predicted octanol–water partition coefficient (Wildman–Crippen LogP) is 0.675. The van der Waals surface area contributed by atoms with Crippen LogP contribution >= 0.6 is 0 Å². The second-order valence-corrected chi connectivity index (χ2v) is 3.99. The zero-order valence-corrected chi connectivity index (χ0v) is 10.8. The van der Waals surface area contributed by atoms with Crippen molar-refractivity contribution in [3.63, 3.8) is 0 Å². The van der Waals surface area contributed by atoms with Crippen LogP contribution in [0.2, 0.25) is 0 Å². The lowest BCUT2D eigenvalue weighted by molar-refractivity contribution is -0.122. The van der Waals surface area contributed by atoms with Gasteiger partial charge in [0, 0.05) is 13.7 Å². The second kappa shape index (κ2) is 7.68. The van der Waals surface area contributed by atoms with Gasteiger partial charge in [0.15, 0.2) is 0 Å². The highest BCUT2D eigenvalue weighted by Gasteiger charge is 2.05. The van der Waals surface area contributed by atoms with Crippen molar-refractivity contribution in [3.05, 3.63) is 29.8 Å². The topological polar surface area (TPSA) is 73.6 Å². The fourth-order valence-corrected chi connectivity index (χ4v) is 1.30. The van der Waals surface area contributed by atoms with Crippen LogP contribution < -0.4 is 15.8 Å². The minimum absolute atomic E-state index is 0.157. The Balaban J connectivity index is 2.38. The molecule has 0 saturated heterocycles. The first-order valence-corrected chi connectivity index (χ1v) is 5.87. The van der Waals surface area contributed by atoms with Crippen LogP contribution in [0.4, 0.5) is 0 Å². The highest BCUT2D eigenvalue weighted by atomic mass is 16.5. The summed E-state index contributed by atoms with van der Waals surface area (Å²) in [6, 6.07) is 7.06. The van der Waals surface area contributed by atoms with Crippen molar-refractivity contribution in [2.24, 2.45) is 5.73 Å². The molecule has 0 spiro atoms. The number of rotatable bonds is 7. The van der Waals surface area contributed by atoms with E-state index in [1.807, 2.05) is 24.3 Å². The number of hydrogen-bond donors (Lipinski definition) is 2. The maximum Gasteiger partial charge on any atom is 0.236 e. The van der Waals surface area contributed by atoms with E-state index in [9.17, 15) is 4.79 Å². The Labute approximate surface area is 107 Å². The molecule has 0 radical (unpaired) electrons. The van der Waals surface area contributed by atoms with E-state index in [2.05, 4.69) is 5.32 Å². The fourth-order valence-electron chi connectivity index (χ4n) is 1.30. The lowest BCUT2D eigenvalue weighted by Crippen LogP contribution is -2.37. The number of nitrogens with one attached hydrogen (secondary N) is 1. The number of hydrogen-bond acceptors (Lipinski definition) is 4. The van der Waals surface area contributed by atoms with Crippen LogP contribution in [-0.4, -0.2) is 32.3 Å². The number of methoxy groups -OCH3 is 1. The van der Waals surface area contributed by atoms with E-state index in [4.69, 9.17) is 15.2 Å². The second-order valence-electron chi connectivity index (χ2n) is 3.99. The van der Waals surface area contributed by atoms with E-state index >= 15 is 0 Å². The van der Waals surface area contributed by atoms with E-state index in [0.717, 1.165) is 11.3 Å². The van der Waals surface area contributed by atoms with Gasteiger partial charge in [-0.05, 0) is 24.6 Å². The van der Waals surface area contributed by atoms with Crippen molar-refractivity contribution in [3.8, 4) is 5.75 Å². The average molecular weight is 252 g/mol. The van der Waals surface area contributed by atoms with Crippen LogP contribution in [0, 0.1) is 0 Å². The molecule has 5 heteroatoms. The molecule has 1 aromatic rings. The van der Waals surface area contributed by atoms with Crippen LogP contribution in [-0.2, 0) is 16.1 Å². The first-order chi connectivity index (χ1) is 8.63. The molecule has 18 heavy (non-hydrogen) atoms. The SMILES string of the molecule is COCCOc1ccc(CNC(=O)[C@H](C)N)cc1. The van der Waals surface area contributed by atoms with Gasteiger partial charge in [-0.25, -0.2) is 0 Å². The van der Waals surface area contributed by atoms with Gasteiger partial charge in [0.2, 0.25) is 5.91 Å². The summed E-state index contributed by atoms with van der Waals surface area (Å²) < 4.78 is 10.3. The maximum absolute atomic E-state index is 11.3. The maximum atomic E-state index is 11.3. The summed E-state index contributed by atoms with van der Waals surface area (Å²) in [5.41, 5.74) is 6.45. The molecule has 0 heterocycles. The summed E-state index contributed by atoms with van der Waals surface area (Å²) in [6.45, 7) is 3.21. The lowest BCUT2D eigenvalue weighted by atomic mass is 10.2. The summed E-state index contributed by atoms with van der Waals surface area (Å²) in [5, 5.41) is 2.75. The van der Waals surface area contributed by atoms with Gasteiger partial charge in [0.05, 0.1) is 12.6 Å². The number of amides is 1. The van der Waals surface area contributed by atoms with Crippen LogP contribution in [0.15, 0.2) is 24.3 Å². The van der Waals surface area contributed by atoms with E-state index in [1.54, 1.807) is 14.0 Å². The highest BCUT2D eigenvalue weighted by molar-refractivity contribution is 5.80. The normalized spacial score (nSPS) is 11.9. The lowest BCUT2D eigenvalue weighted by Gasteiger charge is -2.09. The van der Waals surface area contributed by atoms with E-state index in [1.165, 1.54) is 0 Å². The molecule has 1 atom stereocenters. The summed E-state index contributed by atoms with van der Waals surface area (Å²) in [4.78, 5) is 11.3. The molecule has 0 bridgehead atoms. The Kier molecular flexibility index (Phi) is 6.18. The van der Waals surface area contributed by atoms with E-state index in [-0.39, 0.29) is 5.91 Å². The molecule has 0 saturated carbocycles. The molecule has 3 N–H and O–H groups in total. The van der Waals surface area contributed by atoms with Gasteiger partial charge in [-0.15, -0.1) is 0 Å². The zero-order valence-electron chi connectivity index (χ0n) is 10.8. The molecule has 0 unspecified atom stereocenters. The standard InChI is InChI=1S/C13H20N2O3/c1-10(14)13(16)15-9-11-3-5-12(6-4-11)18-8-7-17-2/h3-6,10H,7-9,14H2,1-2H3,(H,15,16)/t10-/m0/s1. The third-order valence-electron chi connectivity index (χ3n) is 2.36. The number of ether oxygens (including phenoxy) is 2. The Bertz CT molecular complexity index is 363. The molecular formula is C13H20N2O3. The van der Waals surface area contributed by atoms with Gasteiger partial charge in [-0.1, -0.05) is 12.1 Å². The van der Waals surface area contributed by atoms with Crippen LogP contribution in [0.5, 0.6) is 5.75 Å². The zero-order chi connectivity index (χ0) is 13.4. The molecule has 5 nitrogen and oxygen atoms in total. The van der Waals surface area contributed by atoms with Gasteiger partial charge >= 0.3 is 0 Å². The Hall–Kier alpha value is -1.59. The summed E-state index contributed by atoms with van der Waals surface area (Å²) >= 11 is 0. The van der Waals surface area contributed by atoms with Crippen molar-refractivity contribution in [2.75, 3.05) is 20.3 Å². The number of carbonyl (C=O) groups is 1. The molecule has 0 aliphatic heterocycles. The largest absolute Gasteiger partial charge is 0.491 e. The molecule has 0 aliphatic rings. The first-order valence-electron chi connectivity index (χ1n) is 5.87. The van der Waals surface area contributed by atoms with Gasteiger partial charge in [0.1, 0.15) is 12.4 Å². The molecule has 100 valence electrons. The molecule has 1 amide bonds. The minimum atomic E-state index is -0.485. The number of carbonyl (C=O) groups excluding carboxylic acids is 1. The molecule has 1 rings (SSSR count). The third kappa shape index (κ3) is 5.16. The van der Waals surface area contributed by atoms with Crippen molar-refractivity contribution >= 4 is 5.91 Å². The van der Waals surface area contributed by atoms with Crippen LogP contribution in [0.1, 0.15) is 12.5 Å². The summed E-state index contributed by atoms with van der Waals surface area (Å²) in [7, 11) is 1.63. The Morgan fingerprint density at radius 3 is 2.56 bits per heavy atom. The van der Waals surface area contributed by atoms with Gasteiger partial charge in [-0.3, -0.25) is 4.79 Å². The van der Waals surface area contributed by atoms with Crippen molar-refractivity contribution in [2.45, 2.75) is 19.5 Å². The molecule has 0 fully saturated rings. The summed E-state index contributed by atoms with van der Waals surface area (Å²) in [5.74, 6) is 0.629. The Morgan fingerprint density at radius 2 is 2.00 bits per heavy atom. The molecule has 1 aromatic carbocycles. The molecule has 0 aromatic heterocycles. The van der Waals surface area contributed by atoms with Gasteiger partial charge < -0.3 is 20.5 Å². The minimum Gasteiger partial charge on any atom is -0.491 e.